The molecule has 2 aromatic rings. The van der Waals surface area contributed by atoms with Gasteiger partial charge < -0.3 is 5.73 Å². The third-order valence-electron chi connectivity index (χ3n) is 2.75. The zero-order chi connectivity index (χ0) is 13.1. The lowest BCUT2D eigenvalue weighted by Gasteiger charge is -2.14. The summed E-state index contributed by atoms with van der Waals surface area (Å²) in [5.41, 5.74) is 8.28. The molecule has 0 amide bonds. The normalized spacial score (nSPS) is 12.4. The summed E-state index contributed by atoms with van der Waals surface area (Å²) in [7, 11) is 0. The topological polar surface area (TPSA) is 26.0 Å². The SMILES string of the molecule is NC(Cc1ccc(Cl)cc1)c1cccc(Br)c1Cl. The molecule has 0 aliphatic carbocycles. The third-order valence-corrected chi connectivity index (χ3v) is 4.31. The predicted octanol–water partition coefficient (Wildman–Crippen LogP) is 5.00. The monoisotopic (exact) mass is 343 g/mol. The molecule has 2 rings (SSSR count). The van der Waals surface area contributed by atoms with Gasteiger partial charge in [0.15, 0.2) is 0 Å². The second-order valence-corrected chi connectivity index (χ2v) is 5.75. The van der Waals surface area contributed by atoms with Crippen LogP contribution in [0.3, 0.4) is 0 Å². The number of hydrogen-bond acceptors (Lipinski definition) is 1. The zero-order valence-corrected chi connectivity index (χ0v) is 12.6. The van der Waals surface area contributed by atoms with E-state index in [9.17, 15) is 0 Å². The van der Waals surface area contributed by atoms with Crippen molar-refractivity contribution < 1.29 is 0 Å². The van der Waals surface area contributed by atoms with Crippen molar-refractivity contribution in [2.45, 2.75) is 12.5 Å². The van der Waals surface area contributed by atoms with E-state index < -0.39 is 0 Å². The Hall–Kier alpha value is -0.540. The van der Waals surface area contributed by atoms with Gasteiger partial charge in [-0.15, -0.1) is 0 Å². The van der Waals surface area contributed by atoms with Gasteiger partial charge in [-0.3, -0.25) is 0 Å². The molecule has 4 heteroatoms. The van der Waals surface area contributed by atoms with Crippen LogP contribution in [0.4, 0.5) is 0 Å². The average Bonchev–Trinajstić information content (AvgIpc) is 2.35. The summed E-state index contributed by atoms with van der Waals surface area (Å²) >= 11 is 15.5. The first-order valence-corrected chi connectivity index (χ1v) is 7.07. The number of nitrogens with two attached hydrogens (primary N) is 1. The standard InChI is InChI=1S/C14H12BrCl2N/c15-12-3-1-2-11(14(12)17)13(18)8-9-4-6-10(16)7-5-9/h1-7,13H,8,18H2. The molecule has 0 radical (unpaired) electrons. The van der Waals surface area contributed by atoms with E-state index in [2.05, 4.69) is 15.9 Å². The van der Waals surface area contributed by atoms with Crippen LogP contribution in [-0.2, 0) is 6.42 Å². The van der Waals surface area contributed by atoms with Gasteiger partial charge >= 0.3 is 0 Å². The van der Waals surface area contributed by atoms with Crippen molar-refractivity contribution in [3.8, 4) is 0 Å². The molecule has 94 valence electrons. The van der Waals surface area contributed by atoms with Gasteiger partial charge in [-0.1, -0.05) is 47.5 Å². The largest absolute Gasteiger partial charge is 0.324 e. The molecule has 0 saturated heterocycles. The van der Waals surface area contributed by atoms with Crippen LogP contribution in [-0.4, -0.2) is 0 Å². The first kappa shape index (κ1) is 13.9. The molecule has 0 aliphatic rings. The smallest absolute Gasteiger partial charge is 0.0595 e. The molecule has 18 heavy (non-hydrogen) atoms. The van der Waals surface area contributed by atoms with Crippen molar-refractivity contribution in [3.63, 3.8) is 0 Å². The molecule has 1 unspecified atom stereocenters. The van der Waals surface area contributed by atoms with E-state index in [0.717, 1.165) is 27.0 Å². The van der Waals surface area contributed by atoms with Gasteiger partial charge in [-0.2, -0.15) is 0 Å². The molecule has 0 heterocycles. The van der Waals surface area contributed by atoms with E-state index in [0.29, 0.717) is 5.02 Å². The molecule has 0 fully saturated rings. The Bertz CT molecular complexity index is 540. The minimum atomic E-state index is -0.129. The molecule has 0 aliphatic heterocycles. The van der Waals surface area contributed by atoms with E-state index in [-0.39, 0.29) is 6.04 Å². The maximum atomic E-state index is 6.23. The van der Waals surface area contributed by atoms with Gasteiger partial charge in [0.25, 0.3) is 0 Å². The van der Waals surface area contributed by atoms with Crippen LogP contribution in [0.15, 0.2) is 46.9 Å². The molecule has 1 nitrogen and oxygen atoms in total. The Morgan fingerprint density at radius 2 is 1.72 bits per heavy atom. The maximum absolute atomic E-state index is 6.23. The Kier molecular flexibility index (Phi) is 4.68. The van der Waals surface area contributed by atoms with Gasteiger partial charge in [0.1, 0.15) is 0 Å². The molecule has 0 saturated carbocycles. The summed E-state index contributed by atoms with van der Waals surface area (Å²) in [4.78, 5) is 0. The van der Waals surface area contributed by atoms with Gasteiger partial charge in [-0.05, 0) is 51.7 Å². The quantitative estimate of drug-likeness (QED) is 0.833. The fourth-order valence-corrected chi connectivity index (χ4v) is 2.56. The summed E-state index contributed by atoms with van der Waals surface area (Å²) in [6.07, 6.45) is 0.730. The van der Waals surface area contributed by atoms with Gasteiger partial charge in [0.2, 0.25) is 0 Å². The Morgan fingerprint density at radius 1 is 1.06 bits per heavy atom. The minimum Gasteiger partial charge on any atom is -0.324 e. The predicted molar refractivity (Wildman–Crippen MR) is 81.2 cm³/mol. The van der Waals surface area contributed by atoms with Crippen molar-refractivity contribution in [1.82, 2.24) is 0 Å². The fraction of sp³-hybridized carbons (Fsp3) is 0.143. The molecule has 0 aromatic heterocycles. The lowest BCUT2D eigenvalue weighted by molar-refractivity contribution is 0.722. The Labute approximate surface area is 125 Å². The molecular weight excluding hydrogens is 333 g/mol. The second-order valence-electron chi connectivity index (χ2n) is 4.08. The highest BCUT2D eigenvalue weighted by atomic mass is 79.9. The summed E-state index contributed by atoms with van der Waals surface area (Å²) in [6, 6.07) is 13.4. The third kappa shape index (κ3) is 3.27. The average molecular weight is 345 g/mol. The minimum absolute atomic E-state index is 0.129. The zero-order valence-electron chi connectivity index (χ0n) is 9.54. The Morgan fingerprint density at radius 3 is 2.39 bits per heavy atom. The van der Waals surface area contributed by atoms with Gasteiger partial charge in [-0.25, -0.2) is 0 Å². The van der Waals surface area contributed by atoms with Crippen LogP contribution in [0.25, 0.3) is 0 Å². The van der Waals surface area contributed by atoms with Gasteiger partial charge in [0.05, 0.1) is 5.02 Å². The van der Waals surface area contributed by atoms with Crippen LogP contribution in [0.2, 0.25) is 10.0 Å². The number of hydrogen-bond donors (Lipinski definition) is 1. The molecule has 2 N–H and O–H groups in total. The van der Waals surface area contributed by atoms with Crippen LogP contribution in [0, 0.1) is 0 Å². The molecule has 0 bridgehead atoms. The van der Waals surface area contributed by atoms with E-state index in [1.807, 2.05) is 42.5 Å². The van der Waals surface area contributed by atoms with Crippen molar-refractivity contribution in [2.75, 3.05) is 0 Å². The van der Waals surface area contributed by atoms with Crippen molar-refractivity contribution in [2.24, 2.45) is 5.73 Å². The lowest BCUT2D eigenvalue weighted by Crippen LogP contribution is -2.13. The number of rotatable bonds is 3. The van der Waals surface area contributed by atoms with Crippen molar-refractivity contribution in [1.29, 1.82) is 0 Å². The highest BCUT2D eigenvalue weighted by Crippen LogP contribution is 2.30. The van der Waals surface area contributed by atoms with Crippen molar-refractivity contribution in [3.05, 3.63) is 68.1 Å². The van der Waals surface area contributed by atoms with Gasteiger partial charge in [0, 0.05) is 15.5 Å². The lowest BCUT2D eigenvalue weighted by atomic mass is 10.00. The van der Waals surface area contributed by atoms with Crippen LogP contribution < -0.4 is 5.73 Å². The van der Waals surface area contributed by atoms with E-state index in [1.54, 1.807) is 0 Å². The van der Waals surface area contributed by atoms with E-state index in [4.69, 9.17) is 28.9 Å². The first-order valence-electron chi connectivity index (χ1n) is 5.52. The van der Waals surface area contributed by atoms with Crippen LogP contribution in [0.1, 0.15) is 17.2 Å². The molecule has 2 aromatic carbocycles. The molecule has 1 atom stereocenters. The summed E-state index contributed by atoms with van der Waals surface area (Å²) < 4.78 is 0.869. The number of benzene rings is 2. The highest BCUT2D eigenvalue weighted by Gasteiger charge is 2.12. The summed E-state index contributed by atoms with van der Waals surface area (Å²) in [6.45, 7) is 0. The first-order chi connectivity index (χ1) is 8.58. The summed E-state index contributed by atoms with van der Waals surface area (Å²) in [5, 5.41) is 1.41. The maximum Gasteiger partial charge on any atom is 0.0595 e. The van der Waals surface area contributed by atoms with Crippen LogP contribution in [0.5, 0.6) is 0 Å². The Balaban J connectivity index is 2.19. The van der Waals surface area contributed by atoms with Crippen LogP contribution >= 0.6 is 39.1 Å². The summed E-state index contributed by atoms with van der Waals surface area (Å²) in [5.74, 6) is 0. The molecular formula is C14H12BrCl2N. The number of halogens is 3. The highest BCUT2D eigenvalue weighted by molar-refractivity contribution is 9.10. The van der Waals surface area contributed by atoms with E-state index >= 15 is 0 Å². The van der Waals surface area contributed by atoms with Crippen molar-refractivity contribution >= 4 is 39.1 Å². The second kappa shape index (κ2) is 6.07. The fourth-order valence-electron chi connectivity index (χ4n) is 1.79. The molecule has 0 spiro atoms. The van der Waals surface area contributed by atoms with E-state index in [1.165, 1.54) is 0 Å².